The summed E-state index contributed by atoms with van der Waals surface area (Å²) in [6.07, 6.45) is 2.35. The molecule has 2 nitrogen and oxygen atoms in total. The lowest BCUT2D eigenvalue weighted by Gasteiger charge is -1.97. The quantitative estimate of drug-likeness (QED) is 0.777. The Hall–Kier alpha value is -0.570. The SMILES string of the molecule is CCc1csc(N[C@@H]2C[C@H]2C)n1. The highest BCUT2D eigenvalue weighted by Crippen LogP contribution is 2.33. The molecule has 1 aliphatic rings. The number of nitrogens with zero attached hydrogens (tertiary/aromatic N) is 1. The molecule has 0 amide bonds. The molecular weight excluding hydrogens is 168 g/mol. The van der Waals surface area contributed by atoms with E-state index in [1.54, 1.807) is 11.3 Å². The van der Waals surface area contributed by atoms with Gasteiger partial charge in [0.25, 0.3) is 0 Å². The first-order valence-corrected chi connectivity index (χ1v) is 5.38. The van der Waals surface area contributed by atoms with Crippen molar-refractivity contribution >= 4 is 16.5 Å². The van der Waals surface area contributed by atoms with E-state index in [-0.39, 0.29) is 0 Å². The molecule has 1 N–H and O–H groups in total. The largest absolute Gasteiger partial charge is 0.359 e. The highest BCUT2D eigenvalue weighted by atomic mass is 32.1. The smallest absolute Gasteiger partial charge is 0.183 e. The molecule has 1 heterocycles. The van der Waals surface area contributed by atoms with Crippen LogP contribution in [-0.4, -0.2) is 11.0 Å². The van der Waals surface area contributed by atoms with Crippen LogP contribution in [0.5, 0.6) is 0 Å². The van der Waals surface area contributed by atoms with Crippen molar-refractivity contribution in [3.8, 4) is 0 Å². The molecule has 2 rings (SSSR count). The second-order valence-corrected chi connectivity index (χ2v) is 4.32. The number of hydrogen-bond donors (Lipinski definition) is 1. The van der Waals surface area contributed by atoms with E-state index in [2.05, 4.69) is 29.5 Å². The van der Waals surface area contributed by atoms with Gasteiger partial charge in [0.15, 0.2) is 5.13 Å². The van der Waals surface area contributed by atoms with Crippen LogP contribution in [-0.2, 0) is 6.42 Å². The van der Waals surface area contributed by atoms with Gasteiger partial charge in [-0.25, -0.2) is 4.98 Å². The Morgan fingerprint density at radius 1 is 1.75 bits per heavy atom. The van der Waals surface area contributed by atoms with Gasteiger partial charge >= 0.3 is 0 Å². The fourth-order valence-electron chi connectivity index (χ4n) is 1.22. The predicted molar refractivity (Wildman–Crippen MR) is 52.7 cm³/mol. The summed E-state index contributed by atoms with van der Waals surface area (Å²) in [5.74, 6) is 0.846. The Morgan fingerprint density at radius 2 is 2.50 bits per heavy atom. The summed E-state index contributed by atoms with van der Waals surface area (Å²) in [5, 5.41) is 6.66. The molecule has 0 unspecified atom stereocenters. The van der Waals surface area contributed by atoms with Crippen molar-refractivity contribution in [3.05, 3.63) is 11.1 Å². The maximum atomic E-state index is 4.45. The average Bonchev–Trinajstić information content (AvgIpc) is 2.61. The van der Waals surface area contributed by atoms with Crippen LogP contribution in [0.1, 0.15) is 26.0 Å². The maximum Gasteiger partial charge on any atom is 0.183 e. The van der Waals surface area contributed by atoms with Gasteiger partial charge in [-0.05, 0) is 18.8 Å². The summed E-state index contributed by atoms with van der Waals surface area (Å²) < 4.78 is 0. The van der Waals surface area contributed by atoms with Crippen molar-refractivity contribution in [2.24, 2.45) is 5.92 Å². The molecule has 0 aliphatic heterocycles. The zero-order valence-corrected chi connectivity index (χ0v) is 8.32. The molecule has 1 aromatic heterocycles. The molecule has 1 aliphatic carbocycles. The van der Waals surface area contributed by atoms with E-state index in [4.69, 9.17) is 0 Å². The zero-order valence-electron chi connectivity index (χ0n) is 7.50. The molecule has 12 heavy (non-hydrogen) atoms. The van der Waals surface area contributed by atoms with Crippen molar-refractivity contribution in [3.63, 3.8) is 0 Å². The monoisotopic (exact) mass is 182 g/mol. The number of anilines is 1. The molecule has 0 saturated heterocycles. The lowest BCUT2D eigenvalue weighted by Crippen LogP contribution is -2.02. The van der Waals surface area contributed by atoms with Gasteiger partial charge in [0, 0.05) is 11.4 Å². The van der Waals surface area contributed by atoms with Gasteiger partial charge in [-0.3, -0.25) is 0 Å². The average molecular weight is 182 g/mol. The van der Waals surface area contributed by atoms with Gasteiger partial charge in [0.2, 0.25) is 0 Å². The highest BCUT2D eigenvalue weighted by molar-refractivity contribution is 7.13. The normalized spacial score (nSPS) is 27.2. The topological polar surface area (TPSA) is 24.9 Å². The Morgan fingerprint density at radius 3 is 3.00 bits per heavy atom. The van der Waals surface area contributed by atoms with Gasteiger partial charge in [-0.2, -0.15) is 0 Å². The molecule has 3 heteroatoms. The van der Waals surface area contributed by atoms with Gasteiger partial charge in [0.05, 0.1) is 5.69 Å². The minimum absolute atomic E-state index is 0.695. The van der Waals surface area contributed by atoms with Crippen LogP contribution in [0.2, 0.25) is 0 Å². The number of aryl methyl sites for hydroxylation is 1. The molecule has 1 saturated carbocycles. The Balaban J connectivity index is 1.95. The van der Waals surface area contributed by atoms with Crippen LogP contribution in [0.4, 0.5) is 5.13 Å². The third-order valence-corrected chi connectivity index (χ3v) is 3.15. The Kier molecular flexibility index (Phi) is 2.05. The standard InChI is InChI=1S/C9H14N2S/c1-3-7-5-12-9(10-7)11-8-4-6(8)2/h5-6,8H,3-4H2,1-2H3,(H,10,11)/t6-,8-/m1/s1. The van der Waals surface area contributed by atoms with E-state index < -0.39 is 0 Å². The molecule has 66 valence electrons. The fraction of sp³-hybridized carbons (Fsp3) is 0.667. The van der Waals surface area contributed by atoms with E-state index in [0.29, 0.717) is 6.04 Å². The third kappa shape index (κ3) is 1.61. The van der Waals surface area contributed by atoms with Gasteiger partial charge in [-0.1, -0.05) is 13.8 Å². The van der Waals surface area contributed by atoms with E-state index in [0.717, 1.165) is 17.5 Å². The summed E-state index contributed by atoms with van der Waals surface area (Å²) in [7, 11) is 0. The van der Waals surface area contributed by atoms with Gasteiger partial charge in [0.1, 0.15) is 0 Å². The molecule has 0 radical (unpaired) electrons. The minimum atomic E-state index is 0.695. The molecule has 0 aromatic carbocycles. The number of rotatable bonds is 3. The molecular formula is C9H14N2S. The van der Waals surface area contributed by atoms with Crippen LogP contribution in [0.3, 0.4) is 0 Å². The second kappa shape index (κ2) is 3.05. The summed E-state index contributed by atoms with van der Waals surface area (Å²) in [4.78, 5) is 4.45. The predicted octanol–water partition coefficient (Wildman–Crippen LogP) is 2.53. The van der Waals surface area contributed by atoms with Crippen LogP contribution in [0, 0.1) is 5.92 Å². The summed E-state index contributed by atoms with van der Waals surface area (Å²) in [5.41, 5.74) is 1.20. The van der Waals surface area contributed by atoms with Crippen molar-refractivity contribution in [1.82, 2.24) is 4.98 Å². The highest BCUT2D eigenvalue weighted by Gasteiger charge is 2.32. The van der Waals surface area contributed by atoms with E-state index >= 15 is 0 Å². The maximum absolute atomic E-state index is 4.45. The number of thiazole rings is 1. The first-order chi connectivity index (χ1) is 5.79. The summed E-state index contributed by atoms with van der Waals surface area (Å²) in [6.45, 7) is 4.41. The molecule has 0 spiro atoms. The van der Waals surface area contributed by atoms with E-state index in [1.165, 1.54) is 12.1 Å². The van der Waals surface area contributed by atoms with Crippen LogP contribution in [0.25, 0.3) is 0 Å². The lowest BCUT2D eigenvalue weighted by atomic mass is 10.4. The van der Waals surface area contributed by atoms with Crippen molar-refractivity contribution in [2.75, 3.05) is 5.32 Å². The minimum Gasteiger partial charge on any atom is -0.359 e. The van der Waals surface area contributed by atoms with Gasteiger partial charge in [-0.15, -0.1) is 11.3 Å². The van der Waals surface area contributed by atoms with Crippen LogP contribution in [0.15, 0.2) is 5.38 Å². The first kappa shape index (κ1) is 8.05. The van der Waals surface area contributed by atoms with Crippen molar-refractivity contribution in [2.45, 2.75) is 32.7 Å². The lowest BCUT2D eigenvalue weighted by molar-refractivity contribution is 0.925. The first-order valence-electron chi connectivity index (χ1n) is 4.50. The van der Waals surface area contributed by atoms with Crippen molar-refractivity contribution in [1.29, 1.82) is 0 Å². The fourth-order valence-corrected chi connectivity index (χ4v) is 2.07. The molecule has 1 fully saturated rings. The van der Waals surface area contributed by atoms with Gasteiger partial charge < -0.3 is 5.32 Å². The number of hydrogen-bond acceptors (Lipinski definition) is 3. The third-order valence-electron chi connectivity index (χ3n) is 2.33. The summed E-state index contributed by atoms with van der Waals surface area (Å²) in [6, 6.07) is 0.695. The van der Waals surface area contributed by atoms with Crippen LogP contribution >= 0.6 is 11.3 Å². The molecule has 2 atom stereocenters. The van der Waals surface area contributed by atoms with Crippen LogP contribution < -0.4 is 5.32 Å². The summed E-state index contributed by atoms with van der Waals surface area (Å²) >= 11 is 1.72. The van der Waals surface area contributed by atoms with E-state index in [1.807, 2.05) is 0 Å². The second-order valence-electron chi connectivity index (χ2n) is 3.46. The molecule has 1 aromatic rings. The number of nitrogens with one attached hydrogen (secondary N) is 1. The number of aromatic nitrogens is 1. The Labute approximate surface area is 77.0 Å². The molecule has 0 bridgehead atoms. The van der Waals surface area contributed by atoms with E-state index in [9.17, 15) is 0 Å². The Bertz CT molecular complexity index is 269. The zero-order chi connectivity index (χ0) is 8.55. The van der Waals surface area contributed by atoms with Crippen molar-refractivity contribution < 1.29 is 0 Å².